The molecule has 0 unspecified atom stereocenters. The average molecular weight is 453 g/mol. The van der Waals surface area contributed by atoms with Crippen LogP contribution in [0.25, 0.3) is 11.1 Å². The van der Waals surface area contributed by atoms with Gasteiger partial charge in [-0.05, 0) is 28.2 Å². The van der Waals surface area contributed by atoms with Crippen molar-refractivity contribution in [2.45, 2.75) is 44.4 Å². The standard InChI is InChI=1S/C25H28N2O6/c1-14(2)22(23(29)27-12-15(28)11-21(27)24(30)31)26-25(32)33-13-20-18-9-5-3-7-16(18)17-8-4-6-10-19(17)20/h3-10,14-15,20-22,28H,11-13H2,1-2H3,(H,26,32)(H,30,31)/t15-,21-,22+/m0/s1. The summed E-state index contributed by atoms with van der Waals surface area (Å²) in [5.41, 5.74) is 4.39. The van der Waals surface area contributed by atoms with E-state index < -0.39 is 36.2 Å². The third kappa shape index (κ3) is 4.43. The molecule has 2 aliphatic rings. The molecule has 0 radical (unpaired) electrons. The summed E-state index contributed by atoms with van der Waals surface area (Å²) in [5, 5.41) is 21.9. The topological polar surface area (TPSA) is 116 Å². The Hall–Kier alpha value is -3.39. The Morgan fingerprint density at radius 1 is 1.06 bits per heavy atom. The maximum absolute atomic E-state index is 13.1. The largest absolute Gasteiger partial charge is 0.480 e. The summed E-state index contributed by atoms with van der Waals surface area (Å²) < 4.78 is 5.54. The predicted molar refractivity (Wildman–Crippen MR) is 121 cm³/mol. The van der Waals surface area contributed by atoms with Gasteiger partial charge in [-0.2, -0.15) is 0 Å². The Bertz CT molecular complexity index is 1020. The number of hydrogen-bond acceptors (Lipinski definition) is 5. The smallest absolute Gasteiger partial charge is 0.407 e. The summed E-state index contributed by atoms with van der Waals surface area (Å²) in [7, 11) is 0. The lowest BCUT2D eigenvalue weighted by Crippen LogP contribution is -2.54. The van der Waals surface area contributed by atoms with Crippen molar-refractivity contribution in [2.24, 2.45) is 5.92 Å². The van der Waals surface area contributed by atoms with Crippen molar-refractivity contribution in [2.75, 3.05) is 13.2 Å². The van der Waals surface area contributed by atoms with Crippen LogP contribution in [0.5, 0.6) is 0 Å². The minimum absolute atomic E-state index is 0.0309. The van der Waals surface area contributed by atoms with E-state index in [2.05, 4.69) is 5.32 Å². The van der Waals surface area contributed by atoms with Gasteiger partial charge in [0.05, 0.1) is 6.10 Å². The molecule has 174 valence electrons. The van der Waals surface area contributed by atoms with Gasteiger partial charge in [0.1, 0.15) is 18.7 Å². The van der Waals surface area contributed by atoms with E-state index in [1.54, 1.807) is 13.8 Å². The number of carbonyl (C=O) groups is 3. The number of carbonyl (C=O) groups excluding carboxylic acids is 2. The molecular weight excluding hydrogens is 424 g/mol. The number of rotatable bonds is 6. The molecule has 0 bridgehead atoms. The number of amides is 2. The normalized spacial score (nSPS) is 20.3. The summed E-state index contributed by atoms with van der Waals surface area (Å²) >= 11 is 0. The first-order valence-electron chi connectivity index (χ1n) is 11.1. The first-order chi connectivity index (χ1) is 15.8. The van der Waals surface area contributed by atoms with Crippen LogP contribution in [-0.2, 0) is 14.3 Å². The van der Waals surface area contributed by atoms with E-state index in [1.807, 2.05) is 48.5 Å². The molecule has 8 nitrogen and oxygen atoms in total. The highest BCUT2D eigenvalue weighted by Gasteiger charge is 2.42. The molecule has 3 N–H and O–H groups in total. The average Bonchev–Trinajstić information content (AvgIpc) is 3.34. The lowest BCUT2D eigenvalue weighted by atomic mass is 9.98. The zero-order chi connectivity index (χ0) is 23.7. The second kappa shape index (κ2) is 9.23. The molecule has 1 aliphatic carbocycles. The van der Waals surface area contributed by atoms with E-state index in [0.29, 0.717) is 0 Å². The van der Waals surface area contributed by atoms with Gasteiger partial charge in [0.2, 0.25) is 5.91 Å². The number of ether oxygens (including phenoxy) is 1. The third-order valence-electron chi connectivity index (χ3n) is 6.40. The zero-order valence-corrected chi connectivity index (χ0v) is 18.6. The summed E-state index contributed by atoms with van der Waals surface area (Å²) in [6.07, 6.45) is -1.68. The quantitative estimate of drug-likeness (QED) is 0.620. The molecule has 1 aliphatic heterocycles. The Morgan fingerprint density at radius 2 is 1.64 bits per heavy atom. The number of carboxylic acid groups (broad SMARTS) is 1. The van der Waals surface area contributed by atoms with Crippen LogP contribution >= 0.6 is 0 Å². The number of aliphatic hydroxyl groups is 1. The van der Waals surface area contributed by atoms with Crippen molar-refractivity contribution in [1.29, 1.82) is 0 Å². The number of β-amino-alcohol motifs (C(OH)–C–C–N with tert-alkyl or cyclic N) is 1. The number of nitrogens with one attached hydrogen (secondary N) is 1. The summed E-state index contributed by atoms with van der Waals surface area (Å²) in [6.45, 7) is 3.55. The highest BCUT2D eigenvalue weighted by Crippen LogP contribution is 2.44. The summed E-state index contributed by atoms with van der Waals surface area (Å²) in [4.78, 5) is 38.4. The number of benzene rings is 2. The van der Waals surface area contributed by atoms with Crippen molar-refractivity contribution >= 4 is 18.0 Å². The Kier molecular flexibility index (Phi) is 6.37. The number of aliphatic hydroxyl groups excluding tert-OH is 1. The van der Waals surface area contributed by atoms with Crippen molar-refractivity contribution in [3.63, 3.8) is 0 Å². The van der Waals surface area contributed by atoms with Gasteiger partial charge in [-0.25, -0.2) is 9.59 Å². The van der Waals surface area contributed by atoms with Gasteiger partial charge in [-0.3, -0.25) is 4.79 Å². The van der Waals surface area contributed by atoms with Gasteiger partial charge in [0.25, 0.3) is 0 Å². The van der Waals surface area contributed by atoms with Crippen molar-refractivity contribution in [3.8, 4) is 11.1 Å². The first kappa shape index (κ1) is 22.8. The molecule has 1 heterocycles. The lowest BCUT2D eigenvalue weighted by molar-refractivity contribution is -0.149. The second-order valence-corrected chi connectivity index (χ2v) is 8.93. The summed E-state index contributed by atoms with van der Waals surface area (Å²) in [5.74, 6) is -2.13. The number of alkyl carbamates (subject to hydrolysis) is 1. The van der Waals surface area contributed by atoms with E-state index in [4.69, 9.17) is 4.74 Å². The van der Waals surface area contributed by atoms with Crippen molar-refractivity contribution < 1.29 is 29.3 Å². The van der Waals surface area contributed by atoms with Crippen LogP contribution in [0.15, 0.2) is 48.5 Å². The molecule has 1 fully saturated rings. The van der Waals surface area contributed by atoms with Gasteiger partial charge in [-0.15, -0.1) is 0 Å². The molecule has 0 aromatic heterocycles. The Morgan fingerprint density at radius 3 is 2.18 bits per heavy atom. The van der Waals surface area contributed by atoms with Gasteiger partial charge < -0.3 is 25.2 Å². The molecule has 33 heavy (non-hydrogen) atoms. The first-order valence-corrected chi connectivity index (χ1v) is 11.1. The number of aliphatic carboxylic acids is 1. The van der Waals surface area contributed by atoms with Crippen LogP contribution in [0.2, 0.25) is 0 Å². The van der Waals surface area contributed by atoms with Crippen LogP contribution in [0.4, 0.5) is 4.79 Å². The maximum atomic E-state index is 13.1. The second-order valence-electron chi connectivity index (χ2n) is 8.93. The fourth-order valence-corrected chi connectivity index (χ4v) is 4.75. The van der Waals surface area contributed by atoms with Crippen molar-refractivity contribution in [3.05, 3.63) is 59.7 Å². The zero-order valence-electron chi connectivity index (χ0n) is 18.6. The van der Waals surface area contributed by atoms with E-state index >= 15 is 0 Å². The lowest BCUT2D eigenvalue weighted by Gasteiger charge is -2.29. The SMILES string of the molecule is CC(C)[C@@H](NC(=O)OCC1c2ccccc2-c2ccccc21)C(=O)N1C[C@@H](O)C[C@H]1C(=O)O. The molecule has 4 rings (SSSR count). The van der Waals surface area contributed by atoms with Crippen LogP contribution in [0, 0.1) is 5.92 Å². The third-order valence-corrected chi connectivity index (χ3v) is 6.40. The highest BCUT2D eigenvalue weighted by atomic mass is 16.5. The van der Waals surface area contributed by atoms with Crippen LogP contribution in [-0.4, -0.2) is 64.4 Å². The molecule has 2 aromatic rings. The molecule has 2 amide bonds. The van der Waals surface area contributed by atoms with Gasteiger partial charge in [0, 0.05) is 18.9 Å². The monoisotopic (exact) mass is 452 g/mol. The van der Waals surface area contributed by atoms with Gasteiger partial charge >= 0.3 is 12.1 Å². The molecule has 3 atom stereocenters. The van der Waals surface area contributed by atoms with Crippen LogP contribution in [0.3, 0.4) is 0 Å². The minimum Gasteiger partial charge on any atom is -0.480 e. The molecular formula is C25H28N2O6. The Labute approximate surface area is 192 Å². The summed E-state index contributed by atoms with van der Waals surface area (Å²) in [6, 6.07) is 13.9. The van der Waals surface area contributed by atoms with Gasteiger partial charge in [0.15, 0.2) is 0 Å². The fourth-order valence-electron chi connectivity index (χ4n) is 4.75. The van der Waals surface area contributed by atoms with Crippen LogP contribution < -0.4 is 5.32 Å². The molecule has 1 saturated heterocycles. The maximum Gasteiger partial charge on any atom is 0.407 e. The number of nitrogens with zero attached hydrogens (tertiary/aromatic N) is 1. The molecule has 0 saturated carbocycles. The minimum atomic E-state index is -1.18. The molecule has 8 heteroatoms. The van der Waals surface area contributed by atoms with E-state index in [0.717, 1.165) is 27.2 Å². The molecule has 0 spiro atoms. The van der Waals surface area contributed by atoms with Gasteiger partial charge in [-0.1, -0.05) is 62.4 Å². The highest BCUT2D eigenvalue weighted by molar-refractivity contribution is 5.90. The molecule has 2 aromatic carbocycles. The van der Waals surface area contributed by atoms with Crippen LogP contribution in [0.1, 0.15) is 37.3 Å². The number of carboxylic acids is 1. The van der Waals surface area contributed by atoms with E-state index in [-0.39, 0.29) is 31.4 Å². The van der Waals surface area contributed by atoms with Crippen molar-refractivity contribution in [1.82, 2.24) is 10.2 Å². The number of likely N-dealkylation sites (tertiary alicyclic amines) is 1. The number of fused-ring (bicyclic) bond motifs is 3. The fraction of sp³-hybridized carbons (Fsp3) is 0.400. The predicted octanol–water partition coefficient (Wildman–Crippen LogP) is 2.60. The van der Waals surface area contributed by atoms with E-state index in [9.17, 15) is 24.6 Å². The number of hydrogen-bond donors (Lipinski definition) is 3. The Balaban J connectivity index is 1.44. The van der Waals surface area contributed by atoms with E-state index in [1.165, 1.54) is 0 Å².